The first-order chi connectivity index (χ1) is 11.7. The summed E-state index contributed by atoms with van der Waals surface area (Å²) < 4.78 is 11.6. The summed E-state index contributed by atoms with van der Waals surface area (Å²) in [6, 6.07) is 7.11. The molecule has 0 aliphatic carbocycles. The zero-order chi connectivity index (χ0) is 17.4. The molecule has 1 heterocycles. The molecule has 128 valence electrons. The van der Waals surface area contributed by atoms with Crippen molar-refractivity contribution in [2.24, 2.45) is 0 Å². The van der Waals surface area contributed by atoms with E-state index in [0.29, 0.717) is 17.3 Å². The lowest BCUT2D eigenvalue weighted by atomic mass is 10.2. The molecule has 0 radical (unpaired) electrons. The number of anilines is 1. The van der Waals surface area contributed by atoms with E-state index in [1.54, 1.807) is 37.5 Å². The normalized spacial score (nSPS) is 11.6. The molecule has 6 nitrogen and oxygen atoms in total. The molecule has 0 aliphatic rings. The molecular weight excluding hydrogens is 346 g/mol. The molecule has 1 atom stereocenters. The fourth-order valence-electron chi connectivity index (χ4n) is 1.78. The van der Waals surface area contributed by atoms with Crippen LogP contribution >= 0.6 is 23.1 Å². The van der Waals surface area contributed by atoms with E-state index in [4.69, 9.17) is 9.47 Å². The van der Waals surface area contributed by atoms with Crippen LogP contribution < -0.4 is 14.8 Å². The van der Waals surface area contributed by atoms with Gasteiger partial charge in [0.05, 0.1) is 7.11 Å². The Morgan fingerprint density at radius 2 is 2.08 bits per heavy atom. The highest BCUT2D eigenvalue weighted by molar-refractivity contribution is 8.01. The van der Waals surface area contributed by atoms with Gasteiger partial charge in [-0.3, -0.25) is 10.1 Å². The van der Waals surface area contributed by atoms with Gasteiger partial charge in [0, 0.05) is 5.75 Å². The minimum Gasteiger partial charge on any atom is -0.497 e. The van der Waals surface area contributed by atoms with Gasteiger partial charge in [-0.25, -0.2) is 0 Å². The zero-order valence-electron chi connectivity index (χ0n) is 13.5. The molecule has 2 aromatic rings. The van der Waals surface area contributed by atoms with Crippen LogP contribution in [0, 0.1) is 0 Å². The van der Waals surface area contributed by atoms with Gasteiger partial charge < -0.3 is 9.47 Å². The van der Waals surface area contributed by atoms with Crippen LogP contribution in [0.1, 0.15) is 13.3 Å². The number of carbonyl (C=O) groups is 1. The molecule has 0 saturated carbocycles. The average molecular weight is 365 g/mol. The Labute approximate surface area is 149 Å². The number of nitrogens with one attached hydrogen (secondary N) is 1. The second kappa shape index (κ2) is 9.29. The predicted octanol–water partition coefficient (Wildman–Crippen LogP) is 3.62. The first-order valence-electron chi connectivity index (χ1n) is 7.35. The number of carbonyl (C=O) groups excluding carboxylic acids is 1. The maximum Gasteiger partial charge on any atom is 0.267 e. The molecule has 1 amide bonds. The maximum atomic E-state index is 12.3. The fraction of sp³-hybridized carbons (Fsp3) is 0.312. The summed E-state index contributed by atoms with van der Waals surface area (Å²) >= 11 is 2.85. The third kappa shape index (κ3) is 5.24. The third-order valence-corrected chi connectivity index (χ3v) is 4.93. The van der Waals surface area contributed by atoms with E-state index in [1.807, 2.05) is 6.92 Å². The lowest BCUT2D eigenvalue weighted by molar-refractivity contribution is -0.122. The molecule has 0 spiro atoms. The van der Waals surface area contributed by atoms with Gasteiger partial charge in [0.2, 0.25) is 5.13 Å². The Bertz CT molecular complexity index is 673. The van der Waals surface area contributed by atoms with E-state index in [9.17, 15) is 4.79 Å². The number of hydrogen-bond donors (Lipinski definition) is 1. The molecule has 0 bridgehead atoms. The quantitative estimate of drug-likeness (QED) is 0.416. The summed E-state index contributed by atoms with van der Waals surface area (Å²) in [5.41, 5.74) is 0. The molecule has 8 heteroatoms. The average Bonchev–Trinajstić information content (AvgIpc) is 3.05. The number of hydrogen-bond acceptors (Lipinski definition) is 7. The van der Waals surface area contributed by atoms with E-state index in [2.05, 4.69) is 22.1 Å². The van der Waals surface area contributed by atoms with Gasteiger partial charge in [-0.1, -0.05) is 36.1 Å². The number of benzene rings is 1. The number of amides is 1. The van der Waals surface area contributed by atoms with Gasteiger partial charge in [-0.2, -0.15) is 0 Å². The highest BCUT2D eigenvalue weighted by Gasteiger charge is 2.20. The van der Waals surface area contributed by atoms with Crippen molar-refractivity contribution >= 4 is 34.1 Å². The molecular formula is C16H19N3O3S2. The number of thioether (sulfide) groups is 1. The van der Waals surface area contributed by atoms with Gasteiger partial charge in [-0.15, -0.1) is 16.8 Å². The van der Waals surface area contributed by atoms with Crippen LogP contribution in [0.3, 0.4) is 0 Å². The summed E-state index contributed by atoms with van der Waals surface area (Å²) in [6.45, 7) is 5.55. The standard InChI is InChI=1S/C16H19N3O3S2/c1-4-10-23-16-19-18-15(24-16)17-14(20)13(5-2)22-12-8-6-11(21-3)7-9-12/h4,6-9,13H,1,5,10H2,2-3H3,(H,17,18,20). The molecule has 0 saturated heterocycles. The maximum absolute atomic E-state index is 12.3. The summed E-state index contributed by atoms with van der Waals surface area (Å²) in [7, 11) is 1.60. The largest absolute Gasteiger partial charge is 0.497 e. The molecule has 1 aromatic heterocycles. The monoisotopic (exact) mass is 365 g/mol. The number of methoxy groups -OCH3 is 1. The SMILES string of the molecule is C=CCSc1nnc(NC(=O)C(CC)Oc2ccc(OC)cc2)s1. The molecule has 0 aliphatic heterocycles. The first kappa shape index (κ1) is 18.3. The van der Waals surface area contributed by atoms with Crippen molar-refractivity contribution in [3.8, 4) is 11.5 Å². The Balaban J connectivity index is 1.94. The Morgan fingerprint density at radius 1 is 1.38 bits per heavy atom. The van der Waals surface area contributed by atoms with Crippen LogP contribution in [0.4, 0.5) is 5.13 Å². The van der Waals surface area contributed by atoms with Gasteiger partial charge >= 0.3 is 0 Å². The molecule has 2 rings (SSSR count). The molecule has 1 aromatic carbocycles. The number of aromatic nitrogens is 2. The molecule has 1 N–H and O–H groups in total. The first-order valence-corrected chi connectivity index (χ1v) is 9.15. The van der Waals surface area contributed by atoms with E-state index in [1.165, 1.54) is 23.1 Å². The van der Waals surface area contributed by atoms with Crippen molar-refractivity contribution in [2.45, 2.75) is 23.8 Å². The molecule has 1 unspecified atom stereocenters. The Morgan fingerprint density at radius 3 is 2.71 bits per heavy atom. The third-order valence-electron chi connectivity index (χ3n) is 2.96. The van der Waals surface area contributed by atoms with Gasteiger partial charge in [-0.05, 0) is 30.7 Å². The summed E-state index contributed by atoms with van der Waals surface area (Å²) in [6.07, 6.45) is 1.72. The van der Waals surface area contributed by atoms with Crippen LogP contribution in [-0.2, 0) is 4.79 Å². The summed E-state index contributed by atoms with van der Waals surface area (Å²) in [5, 5.41) is 11.2. The van der Waals surface area contributed by atoms with Crippen molar-refractivity contribution in [3.63, 3.8) is 0 Å². The summed E-state index contributed by atoms with van der Waals surface area (Å²) in [4.78, 5) is 12.3. The second-order valence-electron chi connectivity index (χ2n) is 4.65. The van der Waals surface area contributed by atoms with Crippen LogP contribution in [0.15, 0.2) is 41.3 Å². The Hall–Kier alpha value is -2.06. The lowest BCUT2D eigenvalue weighted by Crippen LogP contribution is -2.32. The van der Waals surface area contributed by atoms with Crippen molar-refractivity contribution in [1.29, 1.82) is 0 Å². The van der Waals surface area contributed by atoms with Crippen LogP contribution in [0.25, 0.3) is 0 Å². The molecule has 0 fully saturated rings. The van der Waals surface area contributed by atoms with Gasteiger partial charge in [0.15, 0.2) is 10.4 Å². The topological polar surface area (TPSA) is 73.3 Å². The minimum atomic E-state index is -0.605. The smallest absolute Gasteiger partial charge is 0.267 e. The number of ether oxygens (including phenoxy) is 2. The van der Waals surface area contributed by atoms with Crippen molar-refractivity contribution in [1.82, 2.24) is 10.2 Å². The van der Waals surface area contributed by atoms with E-state index in [-0.39, 0.29) is 5.91 Å². The van der Waals surface area contributed by atoms with Crippen LogP contribution in [-0.4, -0.2) is 35.1 Å². The fourth-order valence-corrected chi connectivity index (χ4v) is 3.29. The highest BCUT2D eigenvalue weighted by Crippen LogP contribution is 2.26. The minimum absolute atomic E-state index is 0.246. The number of rotatable bonds is 9. The molecule has 24 heavy (non-hydrogen) atoms. The van der Waals surface area contributed by atoms with Crippen LogP contribution in [0.2, 0.25) is 0 Å². The lowest BCUT2D eigenvalue weighted by Gasteiger charge is -2.16. The van der Waals surface area contributed by atoms with Gasteiger partial charge in [0.25, 0.3) is 5.91 Å². The summed E-state index contributed by atoms with van der Waals surface area (Å²) in [5.74, 6) is 1.85. The van der Waals surface area contributed by atoms with Crippen molar-refractivity contribution in [3.05, 3.63) is 36.9 Å². The van der Waals surface area contributed by atoms with Crippen molar-refractivity contribution in [2.75, 3.05) is 18.2 Å². The second-order valence-corrected chi connectivity index (χ2v) is 6.90. The van der Waals surface area contributed by atoms with Crippen molar-refractivity contribution < 1.29 is 14.3 Å². The van der Waals surface area contributed by atoms with Gasteiger partial charge in [0.1, 0.15) is 11.5 Å². The predicted molar refractivity (Wildman–Crippen MR) is 97.2 cm³/mol. The Kier molecular flexibility index (Phi) is 7.07. The highest BCUT2D eigenvalue weighted by atomic mass is 32.2. The zero-order valence-corrected chi connectivity index (χ0v) is 15.2. The van der Waals surface area contributed by atoms with E-state index < -0.39 is 6.10 Å². The van der Waals surface area contributed by atoms with Crippen LogP contribution in [0.5, 0.6) is 11.5 Å². The number of nitrogens with zero attached hydrogens (tertiary/aromatic N) is 2. The van der Waals surface area contributed by atoms with E-state index >= 15 is 0 Å². The van der Waals surface area contributed by atoms with E-state index in [0.717, 1.165) is 15.8 Å².